The van der Waals surface area contributed by atoms with E-state index in [1.165, 1.54) is 0 Å². The van der Waals surface area contributed by atoms with Crippen molar-refractivity contribution >= 4 is 30.0 Å². The molecule has 1 aromatic rings. The van der Waals surface area contributed by atoms with Gasteiger partial charge in [-0.05, 0) is 38.0 Å². The summed E-state index contributed by atoms with van der Waals surface area (Å²) in [5.41, 5.74) is 6.19. The fourth-order valence-electron chi connectivity index (χ4n) is 2.15. The molecule has 1 aromatic carbocycles. The number of esters is 1. The maximum atomic E-state index is 12.4. The number of amides is 1. The third-order valence-electron chi connectivity index (χ3n) is 3.86. The first-order chi connectivity index (χ1) is 10.0. The zero-order valence-corrected chi connectivity index (χ0v) is 14.2. The summed E-state index contributed by atoms with van der Waals surface area (Å²) in [5.74, 6) is -0.513. The highest BCUT2D eigenvalue weighted by atomic mass is 35.5. The number of benzene rings is 1. The largest absolute Gasteiger partial charge is 0.462 e. The maximum Gasteiger partial charge on any atom is 0.338 e. The Labute approximate surface area is 138 Å². The summed E-state index contributed by atoms with van der Waals surface area (Å²) in [6, 6.07) is 6.73. The van der Waals surface area contributed by atoms with Gasteiger partial charge in [-0.15, -0.1) is 12.4 Å². The van der Waals surface area contributed by atoms with Crippen molar-refractivity contribution < 1.29 is 14.3 Å². The van der Waals surface area contributed by atoms with Crippen molar-refractivity contribution in [3.05, 3.63) is 29.8 Å². The SMILES string of the molecule is CCOC(=O)c1cccc(NC(=O)C(CC)(CC)CN)c1.Cl. The van der Waals surface area contributed by atoms with Crippen LogP contribution in [0, 0.1) is 5.41 Å². The van der Waals surface area contributed by atoms with Crippen molar-refractivity contribution in [2.75, 3.05) is 18.5 Å². The molecule has 0 spiro atoms. The number of nitrogens with two attached hydrogens (primary N) is 1. The smallest absolute Gasteiger partial charge is 0.338 e. The molecule has 0 aliphatic heterocycles. The summed E-state index contributed by atoms with van der Waals surface area (Å²) in [6.07, 6.45) is 1.34. The van der Waals surface area contributed by atoms with Crippen LogP contribution in [0.5, 0.6) is 0 Å². The Morgan fingerprint density at radius 1 is 1.23 bits per heavy atom. The molecule has 0 radical (unpaired) electrons. The average molecular weight is 329 g/mol. The zero-order chi connectivity index (χ0) is 15.9. The van der Waals surface area contributed by atoms with Crippen LogP contribution in [0.4, 0.5) is 5.69 Å². The van der Waals surface area contributed by atoms with Gasteiger partial charge in [-0.1, -0.05) is 19.9 Å². The molecule has 0 bridgehead atoms. The molecule has 0 unspecified atom stereocenters. The summed E-state index contributed by atoms with van der Waals surface area (Å²) in [6.45, 7) is 6.26. The van der Waals surface area contributed by atoms with Crippen LogP contribution in [0.25, 0.3) is 0 Å². The normalized spacial score (nSPS) is 10.5. The molecule has 22 heavy (non-hydrogen) atoms. The van der Waals surface area contributed by atoms with Crippen LogP contribution in [-0.2, 0) is 9.53 Å². The number of nitrogens with one attached hydrogen (secondary N) is 1. The number of anilines is 1. The number of ether oxygens (including phenoxy) is 1. The van der Waals surface area contributed by atoms with Crippen LogP contribution in [0.3, 0.4) is 0 Å². The predicted octanol–water partition coefficient (Wildman–Crippen LogP) is 2.99. The number of carbonyl (C=O) groups is 2. The lowest BCUT2D eigenvalue weighted by Crippen LogP contribution is -2.41. The van der Waals surface area contributed by atoms with Crippen molar-refractivity contribution in [3.8, 4) is 0 Å². The van der Waals surface area contributed by atoms with Crippen LogP contribution < -0.4 is 11.1 Å². The van der Waals surface area contributed by atoms with E-state index in [1.807, 2.05) is 13.8 Å². The molecule has 0 aliphatic carbocycles. The van der Waals surface area contributed by atoms with Crippen LogP contribution in [0.1, 0.15) is 44.0 Å². The topological polar surface area (TPSA) is 81.4 Å². The highest BCUT2D eigenvalue weighted by Gasteiger charge is 2.33. The van der Waals surface area contributed by atoms with Gasteiger partial charge in [0.1, 0.15) is 0 Å². The van der Waals surface area contributed by atoms with E-state index in [-0.39, 0.29) is 18.3 Å². The lowest BCUT2D eigenvalue weighted by Gasteiger charge is -2.28. The Hall–Kier alpha value is -1.59. The average Bonchev–Trinajstić information content (AvgIpc) is 2.50. The lowest BCUT2D eigenvalue weighted by atomic mass is 9.81. The van der Waals surface area contributed by atoms with Gasteiger partial charge in [-0.25, -0.2) is 4.79 Å². The summed E-state index contributed by atoms with van der Waals surface area (Å²) < 4.78 is 4.95. The van der Waals surface area contributed by atoms with Crippen molar-refractivity contribution in [2.45, 2.75) is 33.6 Å². The fourth-order valence-corrected chi connectivity index (χ4v) is 2.15. The van der Waals surface area contributed by atoms with E-state index >= 15 is 0 Å². The molecule has 1 amide bonds. The second kappa shape index (κ2) is 9.43. The minimum Gasteiger partial charge on any atom is -0.462 e. The molecule has 124 valence electrons. The minimum atomic E-state index is -0.570. The number of hydrogen-bond acceptors (Lipinski definition) is 4. The van der Waals surface area contributed by atoms with E-state index < -0.39 is 11.4 Å². The van der Waals surface area contributed by atoms with Crippen molar-refractivity contribution in [2.24, 2.45) is 11.1 Å². The molecule has 0 aromatic heterocycles. The van der Waals surface area contributed by atoms with Crippen molar-refractivity contribution in [1.82, 2.24) is 0 Å². The third kappa shape index (κ3) is 4.71. The molecule has 6 heteroatoms. The van der Waals surface area contributed by atoms with Gasteiger partial charge in [0.15, 0.2) is 0 Å². The van der Waals surface area contributed by atoms with Crippen LogP contribution in [0.15, 0.2) is 24.3 Å². The molecule has 0 saturated carbocycles. The summed E-state index contributed by atoms with van der Waals surface area (Å²) in [5, 5.41) is 2.85. The summed E-state index contributed by atoms with van der Waals surface area (Å²) >= 11 is 0. The van der Waals surface area contributed by atoms with Crippen molar-refractivity contribution in [1.29, 1.82) is 0 Å². The van der Waals surface area contributed by atoms with Crippen molar-refractivity contribution in [3.63, 3.8) is 0 Å². The van der Waals surface area contributed by atoms with Crippen LogP contribution in [0.2, 0.25) is 0 Å². The first-order valence-corrected chi connectivity index (χ1v) is 7.31. The van der Waals surface area contributed by atoms with Gasteiger partial charge in [-0.3, -0.25) is 4.79 Å². The van der Waals surface area contributed by atoms with E-state index in [0.29, 0.717) is 37.2 Å². The monoisotopic (exact) mass is 328 g/mol. The summed E-state index contributed by atoms with van der Waals surface area (Å²) in [7, 11) is 0. The van der Waals surface area contributed by atoms with Gasteiger partial charge in [0.05, 0.1) is 17.6 Å². The van der Waals surface area contributed by atoms with E-state index in [9.17, 15) is 9.59 Å². The predicted molar refractivity (Wildman–Crippen MR) is 90.3 cm³/mol. The molecule has 1 rings (SSSR count). The lowest BCUT2D eigenvalue weighted by molar-refractivity contribution is -0.125. The molecular formula is C16H25ClN2O3. The quantitative estimate of drug-likeness (QED) is 0.754. The molecule has 0 atom stereocenters. The Balaban J connectivity index is 0.00000441. The second-order valence-corrected chi connectivity index (χ2v) is 4.95. The first kappa shape index (κ1) is 20.4. The van der Waals surface area contributed by atoms with E-state index in [4.69, 9.17) is 10.5 Å². The molecule has 3 N–H and O–H groups in total. The van der Waals surface area contributed by atoms with Gasteiger partial charge >= 0.3 is 5.97 Å². The molecule has 0 saturated heterocycles. The standard InChI is InChI=1S/C16H24N2O3.ClH/c1-4-16(5-2,11-17)15(20)18-13-9-7-8-12(10-13)14(19)21-6-3;/h7-10H,4-6,11,17H2,1-3H3,(H,18,20);1H. The number of hydrogen-bond donors (Lipinski definition) is 2. The highest BCUT2D eigenvalue weighted by molar-refractivity contribution is 5.97. The van der Waals surface area contributed by atoms with E-state index in [2.05, 4.69) is 5.32 Å². The Morgan fingerprint density at radius 3 is 2.36 bits per heavy atom. The minimum absolute atomic E-state index is 0. The Morgan fingerprint density at radius 2 is 1.86 bits per heavy atom. The van der Waals surface area contributed by atoms with Crippen LogP contribution in [-0.4, -0.2) is 25.0 Å². The van der Waals surface area contributed by atoms with Crippen LogP contribution >= 0.6 is 12.4 Å². The molecule has 0 fully saturated rings. The van der Waals surface area contributed by atoms with E-state index in [0.717, 1.165) is 0 Å². The maximum absolute atomic E-state index is 12.4. The van der Waals surface area contributed by atoms with Gasteiger partial charge in [0.2, 0.25) is 5.91 Å². The highest BCUT2D eigenvalue weighted by Crippen LogP contribution is 2.27. The molecule has 0 aliphatic rings. The van der Waals surface area contributed by atoms with Gasteiger partial charge < -0.3 is 15.8 Å². The number of halogens is 1. The first-order valence-electron chi connectivity index (χ1n) is 7.31. The zero-order valence-electron chi connectivity index (χ0n) is 13.3. The fraction of sp³-hybridized carbons (Fsp3) is 0.500. The van der Waals surface area contributed by atoms with Gasteiger partial charge in [-0.2, -0.15) is 0 Å². The van der Waals surface area contributed by atoms with E-state index in [1.54, 1.807) is 31.2 Å². The summed E-state index contributed by atoms with van der Waals surface area (Å²) in [4.78, 5) is 24.1. The number of carbonyl (C=O) groups excluding carboxylic acids is 2. The second-order valence-electron chi connectivity index (χ2n) is 4.95. The Bertz CT molecular complexity index is 494. The molecule has 0 heterocycles. The third-order valence-corrected chi connectivity index (χ3v) is 3.86. The molecule has 5 nitrogen and oxygen atoms in total. The van der Waals surface area contributed by atoms with Gasteiger partial charge in [0.25, 0.3) is 0 Å². The Kier molecular flexibility index (Phi) is 8.75. The molecular weight excluding hydrogens is 304 g/mol. The number of rotatable bonds is 7. The van der Waals surface area contributed by atoms with Gasteiger partial charge in [0, 0.05) is 12.2 Å².